The highest BCUT2D eigenvalue weighted by Gasteiger charge is 2.16. The molecule has 0 fully saturated rings. The molecule has 0 aliphatic rings. The number of alkyl halides is 2. The van der Waals surface area contributed by atoms with Gasteiger partial charge in [0.25, 0.3) is 0 Å². The van der Waals surface area contributed by atoms with Crippen molar-refractivity contribution in [1.29, 1.82) is 0 Å². The highest BCUT2D eigenvalue weighted by atomic mass is 19.3. The van der Waals surface area contributed by atoms with E-state index in [0.717, 1.165) is 16.8 Å². The zero-order valence-electron chi connectivity index (χ0n) is 11.4. The third-order valence-corrected chi connectivity index (χ3v) is 2.66. The van der Waals surface area contributed by atoms with Crippen LogP contribution in [0, 0.1) is 5.82 Å². The number of nitrogens with one attached hydrogen (secondary N) is 1. The summed E-state index contributed by atoms with van der Waals surface area (Å²) in [4.78, 5) is 22.8. The Hall–Kier alpha value is -3.04. The maximum atomic E-state index is 13.1. The molecule has 0 unspecified atom stereocenters. The standard InChI is InChI=1S/C13H10F3N3O4/c14-7-1-2-8(10(5-7)23-13(15)16)18-11(20)6-19-9(12(21)22)3-4-17-19/h1-5,13H,6H2,(H,18,20)(H,21,22). The molecular formula is C13H10F3N3O4. The van der Waals surface area contributed by atoms with Gasteiger partial charge in [0.05, 0.1) is 5.69 Å². The van der Waals surface area contributed by atoms with Crippen LogP contribution in [0.5, 0.6) is 5.75 Å². The summed E-state index contributed by atoms with van der Waals surface area (Å²) in [5.41, 5.74) is -0.399. The number of anilines is 1. The molecule has 10 heteroatoms. The Balaban J connectivity index is 2.14. The van der Waals surface area contributed by atoms with Gasteiger partial charge in [-0.25, -0.2) is 13.9 Å². The maximum Gasteiger partial charge on any atom is 0.387 e. The lowest BCUT2D eigenvalue weighted by molar-refractivity contribution is -0.117. The average Bonchev–Trinajstić information content (AvgIpc) is 2.89. The van der Waals surface area contributed by atoms with Gasteiger partial charge in [-0.2, -0.15) is 13.9 Å². The number of hydrogen-bond acceptors (Lipinski definition) is 4. The second kappa shape index (κ2) is 6.81. The smallest absolute Gasteiger partial charge is 0.387 e. The van der Waals surface area contributed by atoms with Crippen LogP contribution >= 0.6 is 0 Å². The van der Waals surface area contributed by atoms with Gasteiger partial charge in [-0.15, -0.1) is 0 Å². The summed E-state index contributed by atoms with van der Waals surface area (Å²) in [6.07, 6.45) is 1.19. The van der Waals surface area contributed by atoms with Crippen LogP contribution in [0.2, 0.25) is 0 Å². The minimum absolute atomic E-state index is 0.180. The summed E-state index contributed by atoms with van der Waals surface area (Å²) in [5, 5.41) is 14.8. The lowest BCUT2D eigenvalue weighted by Crippen LogP contribution is -2.22. The Morgan fingerprint density at radius 1 is 1.35 bits per heavy atom. The van der Waals surface area contributed by atoms with Gasteiger partial charge >= 0.3 is 12.6 Å². The number of carboxylic acids is 1. The molecule has 1 aromatic carbocycles. The van der Waals surface area contributed by atoms with Gasteiger partial charge in [0, 0.05) is 12.3 Å². The maximum absolute atomic E-state index is 13.1. The molecule has 0 saturated carbocycles. The van der Waals surface area contributed by atoms with E-state index in [0.29, 0.717) is 6.07 Å². The number of rotatable bonds is 6. The monoisotopic (exact) mass is 329 g/mol. The van der Waals surface area contributed by atoms with Crippen LogP contribution < -0.4 is 10.1 Å². The molecule has 0 atom stereocenters. The van der Waals surface area contributed by atoms with Crippen molar-refractivity contribution in [3.63, 3.8) is 0 Å². The van der Waals surface area contributed by atoms with Gasteiger partial charge < -0.3 is 15.2 Å². The van der Waals surface area contributed by atoms with E-state index in [9.17, 15) is 22.8 Å². The molecule has 23 heavy (non-hydrogen) atoms. The molecule has 0 aliphatic heterocycles. The van der Waals surface area contributed by atoms with Crippen molar-refractivity contribution in [1.82, 2.24) is 9.78 Å². The molecule has 0 aliphatic carbocycles. The molecule has 2 N–H and O–H groups in total. The van der Waals surface area contributed by atoms with Crippen molar-refractivity contribution in [3.05, 3.63) is 42.0 Å². The summed E-state index contributed by atoms with van der Waals surface area (Å²) in [7, 11) is 0. The van der Waals surface area contributed by atoms with Crippen molar-refractivity contribution in [2.75, 3.05) is 5.32 Å². The molecule has 122 valence electrons. The first-order chi connectivity index (χ1) is 10.9. The van der Waals surface area contributed by atoms with E-state index in [1.165, 1.54) is 12.3 Å². The number of carboxylic acid groups (broad SMARTS) is 1. The Bertz CT molecular complexity index is 733. The molecule has 0 bridgehead atoms. The van der Waals surface area contributed by atoms with E-state index in [2.05, 4.69) is 15.2 Å². The third kappa shape index (κ3) is 4.22. The number of nitrogens with zero attached hydrogens (tertiary/aromatic N) is 2. The Labute approximate surface area is 127 Å². The van der Waals surface area contributed by atoms with E-state index in [-0.39, 0.29) is 11.4 Å². The van der Waals surface area contributed by atoms with Crippen LogP contribution in [0.3, 0.4) is 0 Å². The Morgan fingerprint density at radius 2 is 2.09 bits per heavy atom. The lowest BCUT2D eigenvalue weighted by Gasteiger charge is -2.12. The first-order valence-corrected chi connectivity index (χ1v) is 6.16. The van der Waals surface area contributed by atoms with Crippen LogP contribution in [0.25, 0.3) is 0 Å². The van der Waals surface area contributed by atoms with Crippen LogP contribution in [0.1, 0.15) is 10.5 Å². The first-order valence-electron chi connectivity index (χ1n) is 6.16. The SMILES string of the molecule is O=C(Cn1nccc1C(=O)O)Nc1ccc(F)cc1OC(F)F. The second-order valence-corrected chi connectivity index (χ2v) is 4.25. The molecule has 1 amide bonds. The van der Waals surface area contributed by atoms with Gasteiger partial charge in [-0.1, -0.05) is 0 Å². The fraction of sp³-hybridized carbons (Fsp3) is 0.154. The minimum atomic E-state index is -3.20. The zero-order valence-corrected chi connectivity index (χ0v) is 11.4. The first kappa shape index (κ1) is 16.3. The van der Waals surface area contributed by atoms with E-state index in [1.807, 2.05) is 0 Å². The summed E-state index contributed by atoms with van der Waals surface area (Å²) in [6, 6.07) is 3.88. The number of benzene rings is 1. The fourth-order valence-electron chi connectivity index (χ4n) is 1.76. The third-order valence-electron chi connectivity index (χ3n) is 2.66. The molecule has 2 aromatic rings. The second-order valence-electron chi connectivity index (χ2n) is 4.25. The van der Waals surface area contributed by atoms with Gasteiger partial charge in [-0.05, 0) is 18.2 Å². The quantitative estimate of drug-likeness (QED) is 0.845. The van der Waals surface area contributed by atoms with Crippen molar-refractivity contribution < 1.29 is 32.6 Å². The Morgan fingerprint density at radius 3 is 2.74 bits per heavy atom. The highest BCUT2D eigenvalue weighted by molar-refractivity contribution is 5.93. The number of ether oxygens (including phenoxy) is 1. The predicted molar refractivity (Wildman–Crippen MR) is 70.8 cm³/mol. The molecule has 1 heterocycles. The molecule has 0 radical (unpaired) electrons. The summed E-state index contributed by atoms with van der Waals surface area (Å²) >= 11 is 0. The van der Waals surface area contributed by atoms with E-state index < -0.39 is 36.6 Å². The van der Waals surface area contributed by atoms with E-state index >= 15 is 0 Å². The number of aromatic nitrogens is 2. The summed E-state index contributed by atoms with van der Waals surface area (Å²) in [6.45, 7) is -3.67. The van der Waals surface area contributed by atoms with E-state index in [4.69, 9.17) is 5.11 Å². The van der Waals surface area contributed by atoms with Gasteiger partial charge in [0.15, 0.2) is 5.75 Å². The van der Waals surface area contributed by atoms with Crippen molar-refractivity contribution in [2.24, 2.45) is 0 Å². The molecule has 0 spiro atoms. The largest absolute Gasteiger partial charge is 0.477 e. The molecule has 0 saturated heterocycles. The van der Waals surface area contributed by atoms with Crippen LogP contribution in [0.15, 0.2) is 30.5 Å². The number of aromatic carboxylic acids is 1. The number of hydrogen-bond donors (Lipinski definition) is 2. The van der Waals surface area contributed by atoms with Gasteiger partial charge in [0.1, 0.15) is 18.1 Å². The predicted octanol–water partition coefficient (Wildman–Crippen LogP) is 1.96. The fourth-order valence-corrected chi connectivity index (χ4v) is 1.76. The molecular weight excluding hydrogens is 319 g/mol. The average molecular weight is 329 g/mol. The van der Waals surface area contributed by atoms with Crippen LogP contribution in [-0.4, -0.2) is 33.4 Å². The number of amides is 1. The zero-order chi connectivity index (χ0) is 17.0. The van der Waals surface area contributed by atoms with Crippen LogP contribution in [-0.2, 0) is 11.3 Å². The molecule has 2 rings (SSSR count). The van der Waals surface area contributed by atoms with E-state index in [1.54, 1.807) is 0 Å². The molecule has 7 nitrogen and oxygen atoms in total. The van der Waals surface area contributed by atoms with Crippen molar-refractivity contribution >= 4 is 17.6 Å². The van der Waals surface area contributed by atoms with Gasteiger partial charge in [-0.3, -0.25) is 4.79 Å². The highest BCUT2D eigenvalue weighted by Crippen LogP contribution is 2.27. The summed E-state index contributed by atoms with van der Waals surface area (Å²) < 4.78 is 42.7. The number of halogens is 3. The minimum Gasteiger partial charge on any atom is -0.477 e. The Kier molecular flexibility index (Phi) is 4.84. The summed E-state index contributed by atoms with van der Waals surface area (Å²) in [5.74, 6) is -3.40. The molecule has 1 aromatic heterocycles. The normalized spacial score (nSPS) is 10.6. The van der Waals surface area contributed by atoms with Crippen molar-refractivity contribution in [3.8, 4) is 5.75 Å². The topological polar surface area (TPSA) is 93.5 Å². The number of carbonyl (C=O) groups is 2. The lowest BCUT2D eigenvalue weighted by atomic mass is 10.2. The number of carbonyl (C=O) groups excluding carboxylic acids is 1. The van der Waals surface area contributed by atoms with Crippen LogP contribution in [0.4, 0.5) is 18.9 Å². The van der Waals surface area contributed by atoms with Gasteiger partial charge in [0.2, 0.25) is 5.91 Å². The van der Waals surface area contributed by atoms with Crippen molar-refractivity contribution in [2.45, 2.75) is 13.2 Å².